The molecule has 3 N–H and O–H groups in total. The van der Waals surface area contributed by atoms with Crippen LogP contribution in [0.3, 0.4) is 0 Å². The third-order valence-electron chi connectivity index (χ3n) is 4.46. The van der Waals surface area contributed by atoms with Crippen molar-refractivity contribution in [3.8, 4) is 0 Å². The molecule has 0 aromatic heterocycles. The van der Waals surface area contributed by atoms with Gasteiger partial charge >= 0.3 is 12.1 Å². The minimum absolute atomic E-state index is 0.362. The molecule has 23 heavy (non-hydrogen) atoms. The van der Waals surface area contributed by atoms with E-state index in [2.05, 4.69) is 22.9 Å². The van der Waals surface area contributed by atoms with Crippen LogP contribution in [0.5, 0.6) is 0 Å². The second-order valence-electron chi connectivity index (χ2n) is 6.39. The summed E-state index contributed by atoms with van der Waals surface area (Å²) < 4.78 is 0. The van der Waals surface area contributed by atoms with Crippen LogP contribution in [0, 0.1) is 5.92 Å². The number of amides is 6. The maximum absolute atomic E-state index is 12.6. The van der Waals surface area contributed by atoms with Gasteiger partial charge in [0.2, 0.25) is 5.91 Å². The molecular weight excluding hydrogens is 300 g/mol. The minimum Gasteiger partial charge on any atom is -0.338 e. The second-order valence-corrected chi connectivity index (χ2v) is 6.39. The van der Waals surface area contributed by atoms with E-state index in [1.807, 2.05) is 6.92 Å². The zero-order valence-corrected chi connectivity index (χ0v) is 13.6. The Hall–Kier alpha value is -2.12. The monoisotopic (exact) mass is 324 g/mol. The highest BCUT2D eigenvalue weighted by Crippen LogP contribution is 2.36. The average molecular weight is 324 g/mol. The fourth-order valence-electron chi connectivity index (χ4n) is 3.01. The highest BCUT2D eigenvalue weighted by Gasteiger charge is 2.52. The molecule has 1 spiro atoms. The Morgan fingerprint density at radius 1 is 1.30 bits per heavy atom. The van der Waals surface area contributed by atoms with E-state index in [4.69, 9.17) is 0 Å². The number of nitrogens with one attached hydrogen (secondary N) is 3. The molecule has 0 bridgehead atoms. The van der Waals surface area contributed by atoms with Crippen molar-refractivity contribution in [1.29, 1.82) is 0 Å². The summed E-state index contributed by atoms with van der Waals surface area (Å²) in [5.74, 6) is -0.508. The molecule has 2 aliphatic rings. The standard InChI is InChI=1S/C15H24N4O4/c1-3-8-16-13(22)17-11(20)9-19-12(21)15(18-14(19)23)6-4-10(2)5-7-15/h10H,3-9H2,1-2H3,(H,18,23)(H2,16,17,20,22). The molecule has 0 unspecified atom stereocenters. The SMILES string of the molecule is CCCNC(=O)NC(=O)CN1C(=O)NC2(CCC(C)CC2)C1=O. The van der Waals surface area contributed by atoms with Gasteiger partial charge in [0.05, 0.1) is 0 Å². The molecule has 8 nitrogen and oxygen atoms in total. The van der Waals surface area contributed by atoms with Crippen LogP contribution in [0.4, 0.5) is 9.59 Å². The molecule has 0 atom stereocenters. The quantitative estimate of drug-likeness (QED) is 0.662. The summed E-state index contributed by atoms with van der Waals surface area (Å²) in [6.07, 6.45) is 3.66. The predicted molar refractivity (Wildman–Crippen MR) is 82.4 cm³/mol. The minimum atomic E-state index is -0.867. The number of carbonyl (C=O) groups is 4. The summed E-state index contributed by atoms with van der Waals surface area (Å²) in [6.45, 7) is 4.01. The first kappa shape index (κ1) is 17.2. The van der Waals surface area contributed by atoms with Gasteiger partial charge in [0.1, 0.15) is 12.1 Å². The highest BCUT2D eigenvalue weighted by molar-refractivity contribution is 6.10. The molecule has 2 rings (SSSR count). The van der Waals surface area contributed by atoms with Crippen LogP contribution in [0.25, 0.3) is 0 Å². The van der Waals surface area contributed by atoms with Gasteiger partial charge in [-0.25, -0.2) is 9.59 Å². The van der Waals surface area contributed by atoms with Crippen molar-refractivity contribution in [2.45, 2.75) is 51.5 Å². The topological polar surface area (TPSA) is 108 Å². The lowest BCUT2D eigenvalue weighted by atomic mass is 9.77. The summed E-state index contributed by atoms with van der Waals surface area (Å²) in [7, 11) is 0. The van der Waals surface area contributed by atoms with Crippen molar-refractivity contribution in [3.05, 3.63) is 0 Å². The summed E-state index contributed by atoms with van der Waals surface area (Å²) in [5, 5.41) is 7.36. The number of hydrogen-bond acceptors (Lipinski definition) is 4. The third-order valence-corrected chi connectivity index (χ3v) is 4.46. The summed E-state index contributed by atoms with van der Waals surface area (Å²) in [4.78, 5) is 48.8. The van der Waals surface area contributed by atoms with E-state index >= 15 is 0 Å². The molecule has 6 amide bonds. The Morgan fingerprint density at radius 2 is 1.96 bits per heavy atom. The molecule has 1 saturated heterocycles. The third kappa shape index (κ3) is 3.80. The molecule has 1 saturated carbocycles. The van der Waals surface area contributed by atoms with E-state index in [-0.39, 0.29) is 5.91 Å². The first-order valence-electron chi connectivity index (χ1n) is 8.10. The van der Waals surface area contributed by atoms with E-state index < -0.39 is 30.1 Å². The first-order valence-corrected chi connectivity index (χ1v) is 8.10. The number of rotatable bonds is 4. The van der Waals surface area contributed by atoms with Crippen molar-refractivity contribution >= 4 is 23.9 Å². The molecule has 8 heteroatoms. The molecule has 128 valence electrons. The van der Waals surface area contributed by atoms with Crippen LogP contribution in [-0.4, -0.2) is 47.4 Å². The maximum atomic E-state index is 12.6. The number of hydrogen-bond donors (Lipinski definition) is 3. The summed E-state index contributed by atoms with van der Waals surface area (Å²) in [5.41, 5.74) is -0.867. The number of imide groups is 2. The molecule has 0 aromatic rings. The van der Waals surface area contributed by atoms with E-state index in [1.165, 1.54) is 0 Å². The Labute approximate surface area is 135 Å². The van der Waals surface area contributed by atoms with Crippen molar-refractivity contribution in [2.24, 2.45) is 5.92 Å². The van der Waals surface area contributed by atoms with Gasteiger partial charge in [-0.05, 0) is 38.0 Å². The number of nitrogens with zero attached hydrogens (tertiary/aromatic N) is 1. The summed E-state index contributed by atoms with van der Waals surface area (Å²) >= 11 is 0. The zero-order valence-electron chi connectivity index (χ0n) is 13.6. The van der Waals surface area contributed by atoms with Gasteiger partial charge in [-0.2, -0.15) is 0 Å². The summed E-state index contributed by atoms with van der Waals surface area (Å²) in [6, 6.07) is -1.18. The smallest absolute Gasteiger partial charge is 0.325 e. The van der Waals surface area contributed by atoms with Crippen molar-refractivity contribution in [3.63, 3.8) is 0 Å². The van der Waals surface area contributed by atoms with Crippen LogP contribution >= 0.6 is 0 Å². The van der Waals surface area contributed by atoms with Gasteiger partial charge in [-0.1, -0.05) is 13.8 Å². The van der Waals surface area contributed by atoms with Crippen LogP contribution in [0.15, 0.2) is 0 Å². The Balaban J connectivity index is 1.93. The molecular formula is C15H24N4O4. The lowest BCUT2D eigenvalue weighted by molar-refractivity contribution is -0.135. The van der Waals surface area contributed by atoms with Gasteiger partial charge in [0, 0.05) is 6.54 Å². The molecule has 1 aliphatic carbocycles. The van der Waals surface area contributed by atoms with E-state index in [9.17, 15) is 19.2 Å². The second kappa shape index (κ2) is 6.97. The maximum Gasteiger partial charge on any atom is 0.325 e. The van der Waals surface area contributed by atoms with E-state index in [0.717, 1.165) is 24.2 Å². The van der Waals surface area contributed by atoms with Gasteiger partial charge in [-0.15, -0.1) is 0 Å². The van der Waals surface area contributed by atoms with Crippen LogP contribution in [-0.2, 0) is 9.59 Å². The Morgan fingerprint density at radius 3 is 2.57 bits per heavy atom. The molecule has 0 radical (unpaired) electrons. The highest BCUT2D eigenvalue weighted by atomic mass is 16.2. The van der Waals surface area contributed by atoms with E-state index in [0.29, 0.717) is 25.3 Å². The Kier molecular flexibility index (Phi) is 5.23. The van der Waals surface area contributed by atoms with Gasteiger partial charge in [-0.3, -0.25) is 19.8 Å². The van der Waals surface area contributed by atoms with Crippen LogP contribution in [0.1, 0.15) is 46.0 Å². The van der Waals surface area contributed by atoms with Gasteiger partial charge in [0.15, 0.2) is 0 Å². The van der Waals surface area contributed by atoms with Gasteiger partial charge < -0.3 is 10.6 Å². The molecule has 1 aliphatic heterocycles. The average Bonchev–Trinajstić information content (AvgIpc) is 2.73. The molecule has 1 heterocycles. The van der Waals surface area contributed by atoms with Crippen molar-refractivity contribution in [1.82, 2.24) is 20.9 Å². The fourth-order valence-corrected chi connectivity index (χ4v) is 3.01. The van der Waals surface area contributed by atoms with Gasteiger partial charge in [0.25, 0.3) is 5.91 Å². The largest absolute Gasteiger partial charge is 0.338 e. The first-order chi connectivity index (χ1) is 10.9. The lowest BCUT2D eigenvalue weighted by Crippen LogP contribution is -2.50. The predicted octanol–water partition coefficient (Wildman–Crippen LogP) is 0.723. The number of urea groups is 2. The van der Waals surface area contributed by atoms with Crippen molar-refractivity contribution < 1.29 is 19.2 Å². The zero-order chi connectivity index (χ0) is 17.0. The Bertz CT molecular complexity index is 512. The number of carbonyl (C=O) groups excluding carboxylic acids is 4. The molecule has 2 fully saturated rings. The fraction of sp³-hybridized carbons (Fsp3) is 0.733. The normalized spacial score (nSPS) is 27.0. The lowest BCUT2D eigenvalue weighted by Gasteiger charge is -2.33. The van der Waals surface area contributed by atoms with Crippen LogP contribution < -0.4 is 16.0 Å². The van der Waals surface area contributed by atoms with Crippen molar-refractivity contribution in [2.75, 3.05) is 13.1 Å². The van der Waals surface area contributed by atoms with E-state index in [1.54, 1.807) is 0 Å². The van der Waals surface area contributed by atoms with Crippen LogP contribution in [0.2, 0.25) is 0 Å². The molecule has 0 aromatic carbocycles.